The number of ether oxygens (including phenoxy) is 3. The molecule has 4 aromatic rings. The first-order chi connectivity index (χ1) is 18.0. The Balaban J connectivity index is 1.67. The van der Waals surface area contributed by atoms with E-state index in [0.717, 1.165) is 16.5 Å². The van der Waals surface area contributed by atoms with Crippen LogP contribution in [0.5, 0.6) is 17.2 Å². The van der Waals surface area contributed by atoms with Crippen molar-refractivity contribution in [3.63, 3.8) is 0 Å². The minimum absolute atomic E-state index is 0.00971. The highest BCUT2D eigenvalue weighted by molar-refractivity contribution is 6.46. The predicted molar refractivity (Wildman–Crippen MR) is 139 cm³/mol. The zero-order valence-electron chi connectivity index (χ0n) is 20.6. The number of benzene rings is 3. The number of aromatic amines is 1. The topological polar surface area (TPSA) is 101 Å². The Morgan fingerprint density at radius 3 is 2.35 bits per heavy atom. The van der Waals surface area contributed by atoms with Crippen molar-refractivity contribution in [3.05, 3.63) is 95.2 Å². The minimum atomic E-state index is -0.814. The van der Waals surface area contributed by atoms with Gasteiger partial charge >= 0.3 is 0 Å². The van der Waals surface area contributed by atoms with Gasteiger partial charge in [0.1, 0.15) is 11.5 Å². The van der Waals surface area contributed by atoms with Crippen LogP contribution in [-0.2, 0) is 16.1 Å². The van der Waals surface area contributed by atoms with Crippen LogP contribution in [-0.4, -0.2) is 48.0 Å². The lowest BCUT2D eigenvalue weighted by Crippen LogP contribution is -2.29. The fourth-order valence-corrected chi connectivity index (χ4v) is 4.75. The molecule has 8 heteroatoms. The van der Waals surface area contributed by atoms with Crippen molar-refractivity contribution in [1.29, 1.82) is 0 Å². The van der Waals surface area contributed by atoms with Gasteiger partial charge in [-0.15, -0.1) is 0 Å². The van der Waals surface area contributed by atoms with Gasteiger partial charge in [0, 0.05) is 34.8 Å². The molecule has 8 nitrogen and oxygen atoms in total. The smallest absolute Gasteiger partial charge is 0.295 e. The van der Waals surface area contributed by atoms with E-state index in [1.165, 1.54) is 19.1 Å². The van der Waals surface area contributed by atoms with Crippen LogP contribution in [0.3, 0.4) is 0 Å². The van der Waals surface area contributed by atoms with E-state index in [4.69, 9.17) is 14.2 Å². The summed E-state index contributed by atoms with van der Waals surface area (Å²) in [6.45, 7) is 0.168. The summed E-state index contributed by atoms with van der Waals surface area (Å²) in [6.07, 6.45) is 1.78. The lowest BCUT2D eigenvalue weighted by Gasteiger charge is -2.25. The average Bonchev–Trinajstić information content (AvgIpc) is 3.47. The van der Waals surface area contributed by atoms with Crippen molar-refractivity contribution >= 4 is 28.4 Å². The maximum Gasteiger partial charge on any atom is 0.295 e. The zero-order valence-corrected chi connectivity index (χ0v) is 20.6. The molecule has 37 heavy (non-hydrogen) atoms. The van der Waals surface area contributed by atoms with Gasteiger partial charge in [-0.1, -0.05) is 30.3 Å². The predicted octanol–water partition coefficient (Wildman–Crippen LogP) is 4.82. The van der Waals surface area contributed by atoms with E-state index in [1.807, 2.05) is 36.4 Å². The molecule has 0 aliphatic carbocycles. The van der Waals surface area contributed by atoms with Gasteiger partial charge in [-0.05, 0) is 42.0 Å². The molecule has 3 aromatic carbocycles. The molecule has 1 aromatic heterocycles. The second-order valence-electron chi connectivity index (χ2n) is 8.63. The largest absolute Gasteiger partial charge is 0.507 e. The first-order valence-electron chi connectivity index (χ1n) is 11.7. The van der Waals surface area contributed by atoms with Crippen LogP contribution in [0.15, 0.2) is 78.5 Å². The Morgan fingerprint density at radius 2 is 1.65 bits per heavy atom. The normalized spacial score (nSPS) is 16.8. The van der Waals surface area contributed by atoms with E-state index in [9.17, 15) is 14.7 Å². The lowest BCUT2D eigenvalue weighted by molar-refractivity contribution is -0.140. The summed E-state index contributed by atoms with van der Waals surface area (Å²) < 4.78 is 15.9. The molecule has 1 unspecified atom stereocenters. The number of para-hydroxylation sites is 1. The monoisotopic (exact) mass is 498 g/mol. The number of nitrogens with one attached hydrogen (secondary N) is 1. The lowest BCUT2D eigenvalue weighted by atomic mass is 9.94. The third-order valence-electron chi connectivity index (χ3n) is 6.62. The number of carbonyl (C=O) groups excluding carboxylic acids is 2. The molecular formula is C29H26N2O6. The van der Waals surface area contributed by atoms with Crippen molar-refractivity contribution in [2.45, 2.75) is 12.6 Å². The van der Waals surface area contributed by atoms with E-state index in [-0.39, 0.29) is 17.9 Å². The molecule has 2 N–H and O–H groups in total. The Hall–Kier alpha value is -4.72. The summed E-state index contributed by atoms with van der Waals surface area (Å²) in [7, 11) is 4.58. The minimum Gasteiger partial charge on any atom is -0.507 e. The number of amides is 1. The number of aliphatic hydroxyl groups is 1. The molecule has 1 amide bonds. The summed E-state index contributed by atoms with van der Waals surface area (Å²) in [5, 5.41) is 12.3. The third kappa shape index (κ3) is 4.16. The molecular weight excluding hydrogens is 472 g/mol. The molecule has 1 saturated heterocycles. The van der Waals surface area contributed by atoms with E-state index < -0.39 is 17.7 Å². The first-order valence-corrected chi connectivity index (χ1v) is 11.7. The molecule has 0 saturated carbocycles. The van der Waals surface area contributed by atoms with Crippen molar-refractivity contribution in [2.24, 2.45) is 0 Å². The van der Waals surface area contributed by atoms with Crippen LogP contribution in [0.25, 0.3) is 16.7 Å². The summed E-state index contributed by atoms with van der Waals surface area (Å²) in [5.74, 6) is -0.168. The number of likely N-dealkylation sites (tertiary alicyclic amines) is 1. The van der Waals surface area contributed by atoms with Crippen LogP contribution in [0, 0.1) is 0 Å². The fourth-order valence-electron chi connectivity index (χ4n) is 4.75. The molecule has 0 spiro atoms. The maximum absolute atomic E-state index is 13.4. The van der Waals surface area contributed by atoms with Gasteiger partial charge in [0.25, 0.3) is 11.7 Å². The first kappa shape index (κ1) is 24.0. The van der Waals surface area contributed by atoms with Gasteiger partial charge in [0.05, 0.1) is 32.9 Å². The number of fused-ring (bicyclic) bond motifs is 1. The number of carbonyl (C=O) groups is 2. The van der Waals surface area contributed by atoms with Crippen molar-refractivity contribution in [1.82, 2.24) is 9.88 Å². The molecule has 2 heterocycles. The SMILES string of the molecule is COc1ccc(CN2C(=O)C(=O)/C(=C(/O)c3ccc(OC)c(OC)c3)C2c2c[nH]c3ccccc23)cc1. The number of nitrogens with zero attached hydrogens (tertiary/aromatic N) is 1. The quantitative estimate of drug-likeness (QED) is 0.215. The number of hydrogen-bond acceptors (Lipinski definition) is 6. The summed E-state index contributed by atoms with van der Waals surface area (Å²) in [4.78, 5) is 31.6. The summed E-state index contributed by atoms with van der Waals surface area (Å²) in [6, 6.07) is 19.0. The average molecular weight is 499 g/mol. The number of H-pyrrole nitrogens is 1. The number of Topliss-reactive ketones (excluding diaryl/α,β-unsaturated/α-hetero) is 1. The second-order valence-corrected chi connectivity index (χ2v) is 8.63. The third-order valence-corrected chi connectivity index (χ3v) is 6.62. The number of methoxy groups -OCH3 is 3. The maximum atomic E-state index is 13.4. The molecule has 1 aliphatic rings. The van der Waals surface area contributed by atoms with E-state index in [1.54, 1.807) is 43.6 Å². The number of ketones is 1. The zero-order chi connectivity index (χ0) is 26.1. The number of aromatic nitrogens is 1. The van der Waals surface area contributed by atoms with Gasteiger partial charge in [-0.25, -0.2) is 0 Å². The second kappa shape index (κ2) is 9.73. The van der Waals surface area contributed by atoms with Gasteiger partial charge in [0.15, 0.2) is 11.5 Å². The standard InChI is InChI=1S/C29H26N2O6/c1-35-19-11-8-17(9-12-19)16-31-26(21-15-30-22-7-5-4-6-20(21)22)25(28(33)29(31)34)27(32)18-10-13-23(36-2)24(14-18)37-3/h4-15,26,30,32H,16H2,1-3H3/b27-25+. The summed E-state index contributed by atoms with van der Waals surface area (Å²) >= 11 is 0. The molecule has 0 radical (unpaired) electrons. The highest BCUT2D eigenvalue weighted by Gasteiger charge is 2.47. The van der Waals surface area contributed by atoms with Gasteiger partial charge in [-0.2, -0.15) is 0 Å². The highest BCUT2D eigenvalue weighted by atomic mass is 16.5. The van der Waals surface area contributed by atoms with E-state index in [0.29, 0.717) is 28.4 Å². The van der Waals surface area contributed by atoms with Gasteiger partial charge < -0.3 is 29.2 Å². The number of rotatable bonds is 7. The molecule has 5 rings (SSSR count). The number of aliphatic hydroxyl groups excluding tert-OH is 1. The highest BCUT2D eigenvalue weighted by Crippen LogP contribution is 2.43. The molecule has 1 aliphatic heterocycles. The van der Waals surface area contributed by atoms with Crippen LogP contribution >= 0.6 is 0 Å². The van der Waals surface area contributed by atoms with Crippen LogP contribution < -0.4 is 14.2 Å². The van der Waals surface area contributed by atoms with Gasteiger partial charge in [-0.3, -0.25) is 9.59 Å². The molecule has 1 atom stereocenters. The van der Waals surface area contributed by atoms with E-state index in [2.05, 4.69) is 4.98 Å². The Bertz CT molecular complexity index is 1520. The van der Waals surface area contributed by atoms with Crippen LogP contribution in [0.1, 0.15) is 22.7 Å². The van der Waals surface area contributed by atoms with E-state index >= 15 is 0 Å². The van der Waals surface area contributed by atoms with Crippen LogP contribution in [0.2, 0.25) is 0 Å². The van der Waals surface area contributed by atoms with Crippen molar-refractivity contribution in [3.8, 4) is 17.2 Å². The Morgan fingerprint density at radius 1 is 0.919 bits per heavy atom. The Labute approximate surface area is 213 Å². The molecule has 188 valence electrons. The summed E-state index contributed by atoms with van der Waals surface area (Å²) in [5.41, 5.74) is 2.74. The number of hydrogen-bond donors (Lipinski definition) is 2. The molecule has 1 fully saturated rings. The van der Waals surface area contributed by atoms with Crippen molar-refractivity contribution in [2.75, 3.05) is 21.3 Å². The van der Waals surface area contributed by atoms with Gasteiger partial charge in [0.2, 0.25) is 0 Å². The van der Waals surface area contributed by atoms with Crippen molar-refractivity contribution < 1.29 is 28.9 Å². The fraction of sp³-hybridized carbons (Fsp3) is 0.172. The molecule has 0 bridgehead atoms. The Kier molecular flexibility index (Phi) is 6.31. The van der Waals surface area contributed by atoms with Crippen LogP contribution in [0.4, 0.5) is 0 Å².